The summed E-state index contributed by atoms with van der Waals surface area (Å²) in [6.07, 6.45) is 6.61. The summed E-state index contributed by atoms with van der Waals surface area (Å²) in [4.78, 5) is 17.1. The molecule has 0 unspecified atom stereocenters. The molecule has 2 aliphatic rings. The van der Waals surface area contributed by atoms with E-state index in [1.807, 2.05) is 10.7 Å². The Bertz CT molecular complexity index is 555. The molecule has 2 heterocycles. The number of anilines is 1. The number of hydrogen-bond donors (Lipinski definition) is 1. The highest BCUT2D eigenvalue weighted by atomic mass is 16.5. The lowest BCUT2D eigenvalue weighted by atomic mass is 10.2. The molecule has 0 spiro atoms. The SMILES string of the molecule is COCCN1CCN(CC(=O)Nc2ccnn2C2CCCC2)C[C@@H]1C. The molecule has 7 nitrogen and oxygen atoms in total. The van der Waals surface area contributed by atoms with Crippen molar-refractivity contribution in [2.45, 2.75) is 44.7 Å². The van der Waals surface area contributed by atoms with Crippen LogP contribution in [0.2, 0.25) is 0 Å². The number of hydrogen-bond acceptors (Lipinski definition) is 5. The summed E-state index contributed by atoms with van der Waals surface area (Å²) in [6.45, 7) is 7.20. The van der Waals surface area contributed by atoms with E-state index in [1.165, 1.54) is 12.8 Å². The second-order valence-corrected chi connectivity index (χ2v) is 7.26. The molecule has 1 aromatic rings. The molecule has 1 saturated carbocycles. The zero-order chi connectivity index (χ0) is 17.6. The van der Waals surface area contributed by atoms with Crippen LogP contribution < -0.4 is 5.32 Å². The van der Waals surface area contributed by atoms with Crippen molar-refractivity contribution < 1.29 is 9.53 Å². The van der Waals surface area contributed by atoms with Gasteiger partial charge in [0.2, 0.25) is 5.91 Å². The third kappa shape index (κ3) is 4.80. The highest BCUT2D eigenvalue weighted by Crippen LogP contribution is 2.31. The molecule has 140 valence electrons. The highest BCUT2D eigenvalue weighted by molar-refractivity contribution is 5.91. The predicted octanol–water partition coefficient (Wildman–Crippen LogP) is 1.59. The van der Waals surface area contributed by atoms with Gasteiger partial charge in [-0.25, -0.2) is 4.68 Å². The standard InChI is InChI=1S/C18H31N5O2/c1-15-13-21(9-10-22(15)11-12-25-2)14-18(24)20-17-7-8-19-23(17)16-5-3-4-6-16/h7-8,15-16H,3-6,9-14H2,1-2H3,(H,20,24)/t15-/m0/s1. The summed E-state index contributed by atoms with van der Waals surface area (Å²) >= 11 is 0. The summed E-state index contributed by atoms with van der Waals surface area (Å²) < 4.78 is 7.16. The minimum atomic E-state index is 0.0530. The second-order valence-electron chi connectivity index (χ2n) is 7.26. The largest absolute Gasteiger partial charge is 0.383 e. The Morgan fingerprint density at radius 2 is 2.16 bits per heavy atom. The molecule has 25 heavy (non-hydrogen) atoms. The van der Waals surface area contributed by atoms with E-state index in [4.69, 9.17) is 4.74 Å². The van der Waals surface area contributed by atoms with Gasteiger partial charge in [0.15, 0.2) is 0 Å². The van der Waals surface area contributed by atoms with Crippen molar-refractivity contribution in [3.63, 3.8) is 0 Å². The second kappa shape index (κ2) is 8.78. The van der Waals surface area contributed by atoms with Gasteiger partial charge in [0, 0.05) is 45.4 Å². The first-order chi connectivity index (χ1) is 12.2. The molecule has 1 aromatic heterocycles. The molecule has 1 aliphatic heterocycles. The Morgan fingerprint density at radius 3 is 2.88 bits per heavy atom. The lowest BCUT2D eigenvalue weighted by molar-refractivity contribution is -0.118. The molecule has 1 saturated heterocycles. The molecule has 1 aliphatic carbocycles. The summed E-state index contributed by atoms with van der Waals surface area (Å²) in [5.41, 5.74) is 0. The van der Waals surface area contributed by atoms with Gasteiger partial charge in [0.25, 0.3) is 0 Å². The van der Waals surface area contributed by atoms with E-state index in [9.17, 15) is 4.79 Å². The first-order valence-corrected chi connectivity index (χ1v) is 9.46. The molecule has 1 amide bonds. The van der Waals surface area contributed by atoms with E-state index in [1.54, 1.807) is 13.3 Å². The molecule has 0 aromatic carbocycles. The summed E-state index contributed by atoms with van der Waals surface area (Å²) in [7, 11) is 1.74. The molecular weight excluding hydrogens is 318 g/mol. The molecule has 0 bridgehead atoms. The highest BCUT2D eigenvalue weighted by Gasteiger charge is 2.25. The quantitative estimate of drug-likeness (QED) is 0.810. The number of nitrogens with zero attached hydrogens (tertiary/aromatic N) is 4. The maximum atomic E-state index is 12.5. The first kappa shape index (κ1) is 18.4. The number of carbonyl (C=O) groups excluding carboxylic acids is 1. The molecule has 1 N–H and O–H groups in total. The van der Waals surface area contributed by atoms with Crippen molar-refractivity contribution in [1.82, 2.24) is 19.6 Å². The van der Waals surface area contributed by atoms with Crippen molar-refractivity contribution >= 4 is 11.7 Å². The lowest BCUT2D eigenvalue weighted by Crippen LogP contribution is -2.54. The monoisotopic (exact) mass is 349 g/mol. The number of amides is 1. The van der Waals surface area contributed by atoms with Crippen molar-refractivity contribution in [3.8, 4) is 0 Å². The average Bonchev–Trinajstić information content (AvgIpc) is 3.25. The van der Waals surface area contributed by atoms with Crippen molar-refractivity contribution in [2.24, 2.45) is 0 Å². The van der Waals surface area contributed by atoms with Gasteiger partial charge in [-0.2, -0.15) is 5.10 Å². The molecular formula is C18H31N5O2. The Hall–Kier alpha value is -1.44. The number of piperazine rings is 1. The van der Waals surface area contributed by atoms with Crippen LogP contribution in [0.25, 0.3) is 0 Å². The van der Waals surface area contributed by atoms with Crippen LogP contribution in [0.15, 0.2) is 12.3 Å². The van der Waals surface area contributed by atoms with E-state index in [-0.39, 0.29) is 5.91 Å². The summed E-state index contributed by atoms with van der Waals surface area (Å²) in [5.74, 6) is 0.890. The average molecular weight is 349 g/mol. The number of carbonyl (C=O) groups is 1. The lowest BCUT2D eigenvalue weighted by Gasteiger charge is -2.39. The van der Waals surface area contributed by atoms with Crippen molar-refractivity contribution in [1.29, 1.82) is 0 Å². The molecule has 7 heteroatoms. The Labute approximate surface area is 150 Å². The zero-order valence-corrected chi connectivity index (χ0v) is 15.5. The fraction of sp³-hybridized carbons (Fsp3) is 0.778. The van der Waals surface area contributed by atoms with Crippen LogP contribution >= 0.6 is 0 Å². The van der Waals surface area contributed by atoms with E-state index in [0.29, 0.717) is 18.6 Å². The summed E-state index contributed by atoms with van der Waals surface area (Å²) in [6, 6.07) is 2.79. The maximum Gasteiger partial charge on any atom is 0.239 e. The molecule has 0 radical (unpaired) electrons. The van der Waals surface area contributed by atoms with Crippen LogP contribution in [-0.4, -0.2) is 78.0 Å². The molecule has 2 fully saturated rings. The fourth-order valence-electron chi connectivity index (χ4n) is 3.99. The van der Waals surface area contributed by atoms with Gasteiger partial charge in [0.1, 0.15) is 5.82 Å². The van der Waals surface area contributed by atoms with Gasteiger partial charge < -0.3 is 10.1 Å². The maximum absolute atomic E-state index is 12.5. The van der Waals surface area contributed by atoms with E-state index in [2.05, 4.69) is 27.1 Å². The normalized spacial score (nSPS) is 23.2. The van der Waals surface area contributed by atoms with Gasteiger partial charge in [-0.05, 0) is 19.8 Å². The Kier molecular flexibility index (Phi) is 6.45. The van der Waals surface area contributed by atoms with Crippen LogP contribution in [-0.2, 0) is 9.53 Å². The predicted molar refractivity (Wildman–Crippen MR) is 97.7 cm³/mol. The zero-order valence-electron chi connectivity index (χ0n) is 15.5. The summed E-state index contributed by atoms with van der Waals surface area (Å²) in [5, 5.41) is 7.48. The van der Waals surface area contributed by atoms with Gasteiger partial charge in [-0.1, -0.05) is 12.8 Å². The molecule has 3 rings (SSSR count). The van der Waals surface area contributed by atoms with Crippen LogP contribution in [0, 0.1) is 0 Å². The van der Waals surface area contributed by atoms with Gasteiger partial charge in [0.05, 0.1) is 25.4 Å². The van der Waals surface area contributed by atoms with Gasteiger partial charge in [-0.3, -0.25) is 14.6 Å². The fourth-order valence-corrected chi connectivity index (χ4v) is 3.99. The third-order valence-electron chi connectivity index (χ3n) is 5.41. The van der Waals surface area contributed by atoms with E-state index < -0.39 is 0 Å². The number of ether oxygens (including phenoxy) is 1. The van der Waals surface area contributed by atoms with Crippen LogP contribution in [0.1, 0.15) is 38.6 Å². The number of methoxy groups -OCH3 is 1. The Morgan fingerprint density at radius 1 is 1.36 bits per heavy atom. The topological polar surface area (TPSA) is 62.6 Å². The number of nitrogens with one attached hydrogen (secondary N) is 1. The van der Waals surface area contributed by atoms with Crippen molar-refractivity contribution in [3.05, 3.63) is 12.3 Å². The van der Waals surface area contributed by atoms with E-state index >= 15 is 0 Å². The first-order valence-electron chi connectivity index (χ1n) is 9.46. The van der Waals surface area contributed by atoms with Gasteiger partial charge >= 0.3 is 0 Å². The van der Waals surface area contributed by atoms with Crippen LogP contribution in [0.4, 0.5) is 5.82 Å². The van der Waals surface area contributed by atoms with Gasteiger partial charge in [-0.15, -0.1) is 0 Å². The molecule has 1 atom stereocenters. The Balaban J connectivity index is 1.48. The number of aromatic nitrogens is 2. The number of rotatable bonds is 7. The third-order valence-corrected chi connectivity index (χ3v) is 5.41. The van der Waals surface area contributed by atoms with Crippen molar-refractivity contribution in [2.75, 3.05) is 51.8 Å². The van der Waals surface area contributed by atoms with Crippen LogP contribution in [0.5, 0.6) is 0 Å². The minimum absolute atomic E-state index is 0.0530. The minimum Gasteiger partial charge on any atom is -0.383 e. The van der Waals surface area contributed by atoms with Crippen LogP contribution in [0.3, 0.4) is 0 Å². The van der Waals surface area contributed by atoms with E-state index in [0.717, 1.165) is 51.4 Å². The smallest absolute Gasteiger partial charge is 0.239 e.